The molecule has 0 bridgehead atoms. The highest BCUT2D eigenvalue weighted by molar-refractivity contribution is 6.29. The van der Waals surface area contributed by atoms with E-state index in [0.29, 0.717) is 0 Å². The maximum atomic E-state index is 13.0. The molecule has 0 saturated carbocycles. The molecule has 1 nitrogen and oxygen atoms in total. The minimum atomic E-state index is -0.579. The Labute approximate surface area is 85.0 Å². The summed E-state index contributed by atoms with van der Waals surface area (Å²) in [6.07, 6.45) is 2.31. The fraction of sp³-hybridized carbons (Fsp3) is 0.100. The molecule has 0 N–H and O–H groups in total. The standard InChI is InChI=1S/C10H7ClF2O/c11-6-9(14)3-1-7-5-8(12)2-4-10(7)13/h1-5H,6H2. The van der Waals surface area contributed by atoms with E-state index in [1.165, 1.54) is 6.08 Å². The zero-order chi connectivity index (χ0) is 10.6. The van der Waals surface area contributed by atoms with Crippen LogP contribution in [-0.2, 0) is 4.79 Å². The molecule has 0 aliphatic heterocycles. The molecule has 1 rings (SSSR count). The van der Waals surface area contributed by atoms with Gasteiger partial charge in [0.1, 0.15) is 11.6 Å². The van der Waals surface area contributed by atoms with Crippen molar-refractivity contribution in [3.8, 4) is 0 Å². The number of allylic oxidation sites excluding steroid dienone is 1. The van der Waals surface area contributed by atoms with Gasteiger partial charge in [0.15, 0.2) is 5.78 Å². The van der Waals surface area contributed by atoms with Crippen LogP contribution >= 0.6 is 11.6 Å². The first-order valence-electron chi connectivity index (χ1n) is 3.85. The number of benzene rings is 1. The van der Waals surface area contributed by atoms with Crippen molar-refractivity contribution in [2.45, 2.75) is 0 Å². The van der Waals surface area contributed by atoms with Gasteiger partial charge >= 0.3 is 0 Å². The second-order valence-electron chi connectivity index (χ2n) is 2.60. The number of alkyl halides is 1. The molecule has 1 aromatic rings. The smallest absolute Gasteiger partial charge is 0.170 e. The Balaban J connectivity index is 2.90. The minimum Gasteiger partial charge on any atom is -0.294 e. The third-order valence-electron chi connectivity index (χ3n) is 1.54. The van der Waals surface area contributed by atoms with Crippen molar-refractivity contribution in [3.05, 3.63) is 41.5 Å². The Morgan fingerprint density at radius 3 is 2.79 bits per heavy atom. The Kier molecular flexibility index (Phi) is 3.77. The van der Waals surface area contributed by atoms with E-state index in [2.05, 4.69) is 0 Å². The molecule has 0 aliphatic rings. The third-order valence-corrected chi connectivity index (χ3v) is 1.80. The van der Waals surface area contributed by atoms with E-state index in [1.807, 2.05) is 0 Å². The van der Waals surface area contributed by atoms with Crippen molar-refractivity contribution in [2.75, 3.05) is 5.88 Å². The zero-order valence-corrected chi connectivity index (χ0v) is 7.89. The number of rotatable bonds is 3. The molecule has 0 saturated heterocycles. The second-order valence-corrected chi connectivity index (χ2v) is 2.87. The lowest BCUT2D eigenvalue weighted by molar-refractivity contribution is -0.112. The summed E-state index contributed by atoms with van der Waals surface area (Å²) in [5, 5.41) is 0. The number of hydrogen-bond donors (Lipinski definition) is 0. The van der Waals surface area contributed by atoms with E-state index < -0.39 is 11.6 Å². The molecule has 1 aromatic carbocycles. The van der Waals surface area contributed by atoms with Crippen LogP contribution in [0.2, 0.25) is 0 Å². The normalized spacial score (nSPS) is 10.8. The molecule has 0 atom stereocenters. The van der Waals surface area contributed by atoms with Gasteiger partial charge in [-0.15, -0.1) is 11.6 Å². The lowest BCUT2D eigenvalue weighted by atomic mass is 10.2. The fourth-order valence-electron chi connectivity index (χ4n) is 0.870. The predicted molar refractivity (Wildman–Crippen MR) is 51.1 cm³/mol. The van der Waals surface area contributed by atoms with Crippen LogP contribution < -0.4 is 0 Å². The van der Waals surface area contributed by atoms with E-state index >= 15 is 0 Å². The highest BCUT2D eigenvalue weighted by Crippen LogP contribution is 2.11. The summed E-state index contributed by atoms with van der Waals surface area (Å²) in [4.78, 5) is 10.7. The van der Waals surface area contributed by atoms with Gasteiger partial charge < -0.3 is 0 Å². The average Bonchev–Trinajstić information content (AvgIpc) is 2.19. The number of halogens is 3. The van der Waals surface area contributed by atoms with Crippen molar-refractivity contribution in [1.82, 2.24) is 0 Å². The molecular formula is C10H7ClF2O. The summed E-state index contributed by atoms with van der Waals surface area (Å²) in [6, 6.07) is 3.02. The van der Waals surface area contributed by atoms with Crippen molar-refractivity contribution < 1.29 is 13.6 Å². The van der Waals surface area contributed by atoms with Crippen LogP contribution in [0.3, 0.4) is 0 Å². The Hall–Kier alpha value is -1.22. The molecular weight excluding hydrogens is 210 g/mol. The summed E-state index contributed by atoms with van der Waals surface area (Å²) < 4.78 is 25.6. The highest BCUT2D eigenvalue weighted by atomic mass is 35.5. The lowest BCUT2D eigenvalue weighted by Gasteiger charge is -1.95. The number of hydrogen-bond acceptors (Lipinski definition) is 1. The largest absolute Gasteiger partial charge is 0.294 e. The topological polar surface area (TPSA) is 17.1 Å². The number of carbonyl (C=O) groups is 1. The van der Waals surface area contributed by atoms with Crippen molar-refractivity contribution in [2.24, 2.45) is 0 Å². The predicted octanol–water partition coefficient (Wildman–Crippen LogP) is 2.79. The third kappa shape index (κ3) is 2.92. The maximum absolute atomic E-state index is 13.0. The van der Waals surface area contributed by atoms with Crippen molar-refractivity contribution in [3.63, 3.8) is 0 Å². The zero-order valence-electron chi connectivity index (χ0n) is 7.14. The molecule has 0 radical (unpaired) electrons. The molecule has 0 unspecified atom stereocenters. The van der Waals surface area contributed by atoms with Crippen LogP contribution in [0.4, 0.5) is 8.78 Å². The van der Waals surface area contributed by atoms with Gasteiger partial charge in [0.25, 0.3) is 0 Å². The molecule has 0 amide bonds. The molecule has 14 heavy (non-hydrogen) atoms. The van der Waals surface area contributed by atoms with Gasteiger partial charge in [0.2, 0.25) is 0 Å². The van der Waals surface area contributed by atoms with Gasteiger partial charge in [-0.1, -0.05) is 0 Å². The van der Waals surface area contributed by atoms with Gasteiger partial charge in [-0.05, 0) is 30.4 Å². The van der Waals surface area contributed by atoms with Crippen LogP contribution in [0, 0.1) is 11.6 Å². The van der Waals surface area contributed by atoms with Gasteiger partial charge in [-0.25, -0.2) is 8.78 Å². The van der Waals surface area contributed by atoms with Crippen LogP contribution in [0.15, 0.2) is 24.3 Å². The monoisotopic (exact) mass is 216 g/mol. The van der Waals surface area contributed by atoms with E-state index in [4.69, 9.17) is 11.6 Å². The van der Waals surface area contributed by atoms with E-state index in [9.17, 15) is 13.6 Å². The number of ketones is 1. The van der Waals surface area contributed by atoms with Crippen LogP contribution in [0.1, 0.15) is 5.56 Å². The van der Waals surface area contributed by atoms with Crippen molar-refractivity contribution >= 4 is 23.5 Å². The Morgan fingerprint density at radius 2 is 2.14 bits per heavy atom. The molecule has 0 heterocycles. The summed E-state index contributed by atoms with van der Waals surface area (Å²) >= 11 is 5.22. The van der Waals surface area contributed by atoms with Crippen LogP contribution in [0.5, 0.6) is 0 Å². The number of carbonyl (C=O) groups excluding carboxylic acids is 1. The molecule has 0 fully saturated rings. The summed E-state index contributed by atoms with van der Waals surface area (Å²) in [7, 11) is 0. The highest BCUT2D eigenvalue weighted by Gasteiger charge is 2.00. The van der Waals surface area contributed by atoms with Gasteiger partial charge in [0, 0.05) is 5.56 Å². The van der Waals surface area contributed by atoms with E-state index in [1.54, 1.807) is 0 Å². The SMILES string of the molecule is O=C(C=Cc1cc(F)ccc1F)CCl. The van der Waals surface area contributed by atoms with Gasteiger partial charge in [0.05, 0.1) is 5.88 Å². The van der Waals surface area contributed by atoms with Gasteiger partial charge in [-0.3, -0.25) is 4.79 Å². The molecule has 0 spiro atoms. The first-order valence-corrected chi connectivity index (χ1v) is 4.39. The van der Waals surface area contributed by atoms with E-state index in [-0.39, 0.29) is 17.2 Å². The minimum absolute atomic E-state index is 0.0310. The molecule has 74 valence electrons. The molecule has 0 aromatic heterocycles. The maximum Gasteiger partial charge on any atom is 0.170 e. The van der Waals surface area contributed by atoms with Crippen LogP contribution in [0.25, 0.3) is 6.08 Å². The average molecular weight is 217 g/mol. The Bertz CT molecular complexity index is 374. The Morgan fingerprint density at radius 1 is 1.43 bits per heavy atom. The van der Waals surface area contributed by atoms with E-state index in [0.717, 1.165) is 24.3 Å². The van der Waals surface area contributed by atoms with Crippen molar-refractivity contribution in [1.29, 1.82) is 0 Å². The fourth-order valence-corrected chi connectivity index (χ4v) is 0.959. The lowest BCUT2D eigenvalue weighted by Crippen LogP contribution is -1.92. The summed E-state index contributed by atoms with van der Waals surface area (Å²) in [5.74, 6) is -1.65. The second kappa shape index (κ2) is 4.86. The summed E-state index contributed by atoms with van der Waals surface area (Å²) in [6.45, 7) is 0. The first-order chi connectivity index (χ1) is 6.63. The van der Waals surface area contributed by atoms with Gasteiger partial charge in [-0.2, -0.15) is 0 Å². The molecule has 0 aliphatic carbocycles. The van der Waals surface area contributed by atoms with Crippen LogP contribution in [-0.4, -0.2) is 11.7 Å². The first kappa shape index (κ1) is 10.9. The quantitative estimate of drug-likeness (QED) is 0.561. The molecule has 4 heteroatoms. The summed E-state index contributed by atoms with van der Waals surface area (Å²) in [5.41, 5.74) is 0.0310.